The Bertz CT molecular complexity index is 204. The van der Waals surface area contributed by atoms with Gasteiger partial charge in [-0.25, -0.2) is 4.79 Å². The van der Waals surface area contributed by atoms with E-state index in [1.807, 2.05) is 0 Å². The van der Waals surface area contributed by atoms with Gasteiger partial charge in [-0.15, -0.1) is 0 Å². The van der Waals surface area contributed by atoms with Crippen molar-refractivity contribution in [3.63, 3.8) is 0 Å². The van der Waals surface area contributed by atoms with Crippen LogP contribution < -0.4 is 5.32 Å². The molecular weight excluding hydrogens is 190 g/mol. The van der Waals surface area contributed by atoms with E-state index in [4.69, 9.17) is 4.74 Å². The van der Waals surface area contributed by atoms with E-state index in [2.05, 4.69) is 26.1 Å². The SMILES string of the molecule is CCOC(=O)/C=C/CNCCC(C)(C)C. The highest BCUT2D eigenvalue weighted by atomic mass is 16.5. The molecule has 0 aliphatic carbocycles. The van der Waals surface area contributed by atoms with Gasteiger partial charge in [0.15, 0.2) is 0 Å². The fraction of sp³-hybridized carbons (Fsp3) is 0.750. The van der Waals surface area contributed by atoms with Crippen LogP contribution in [0.4, 0.5) is 0 Å². The van der Waals surface area contributed by atoms with Crippen molar-refractivity contribution in [2.24, 2.45) is 5.41 Å². The molecule has 0 aliphatic rings. The Morgan fingerprint density at radius 1 is 1.40 bits per heavy atom. The molecule has 0 atom stereocenters. The molecule has 0 bridgehead atoms. The van der Waals surface area contributed by atoms with Crippen LogP contribution in [0, 0.1) is 5.41 Å². The molecule has 0 amide bonds. The first kappa shape index (κ1) is 14.2. The number of hydrogen-bond donors (Lipinski definition) is 1. The van der Waals surface area contributed by atoms with E-state index in [0.29, 0.717) is 12.0 Å². The number of ether oxygens (including phenoxy) is 1. The number of rotatable bonds is 6. The fourth-order valence-corrected chi connectivity index (χ4v) is 0.994. The molecule has 0 aliphatic heterocycles. The maximum Gasteiger partial charge on any atom is 0.330 e. The average molecular weight is 213 g/mol. The van der Waals surface area contributed by atoms with E-state index in [1.165, 1.54) is 6.08 Å². The lowest BCUT2D eigenvalue weighted by atomic mass is 9.92. The number of hydrogen-bond acceptors (Lipinski definition) is 3. The van der Waals surface area contributed by atoms with Crippen LogP contribution in [-0.2, 0) is 9.53 Å². The Balaban J connectivity index is 3.42. The Morgan fingerprint density at radius 3 is 2.60 bits per heavy atom. The van der Waals surface area contributed by atoms with Gasteiger partial charge in [0, 0.05) is 12.6 Å². The quantitative estimate of drug-likeness (QED) is 0.417. The minimum Gasteiger partial charge on any atom is -0.463 e. The summed E-state index contributed by atoms with van der Waals surface area (Å²) < 4.78 is 4.75. The van der Waals surface area contributed by atoms with Crippen molar-refractivity contribution in [3.8, 4) is 0 Å². The first-order valence-corrected chi connectivity index (χ1v) is 5.49. The minimum atomic E-state index is -0.268. The van der Waals surface area contributed by atoms with Crippen LogP contribution in [0.1, 0.15) is 34.1 Å². The van der Waals surface area contributed by atoms with Crippen molar-refractivity contribution in [2.45, 2.75) is 34.1 Å². The normalized spacial score (nSPS) is 12.0. The Labute approximate surface area is 92.9 Å². The van der Waals surface area contributed by atoms with Gasteiger partial charge < -0.3 is 10.1 Å². The lowest BCUT2D eigenvalue weighted by Gasteiger charge is -2.17. The summed E-state index contributed by atoms with van der Waals surface area (Å²) >= 11 is 0. The van der Waals surface area contributed by atoms with E-state index in [-0.39, 0.29) is 5.97 Å². The van der Waals surface area contributed by atoms with E-state index >= 15 is 0 Å². The summed E-state index contributed by atoms with van der Waals surface area (Å²) in [7, 11) is 0. The lowest BCUT2D eigenvalue weighted by molar-refractivity contribution is -0.137. The average Bonchev–Trinajstić information content (AvgIpc) is 2.09. The third kappa shape index (κ3) is 11.1. The van der Waals surface area contributed by atoms with Crippen molar-refractivity contribution in [2.75, 3.05) is 19.7 Å². The Hall–Kier alpha value is -0.830. The number of carbonyl (C=O) groups excluding carboxylic acids is 1. The van der Waals surface area contributed by atoms with E-state index in [9.17, 15) is 4.79 Å². The summed E-state index contributed by atoms with van der Waals surface area (Å²) in [5, 5.41) is 3.24. The van der Waals surface area contributed by atoms with Crippen LogP contribution >= 0.6 is 0 Å². The number of carbonyl (C=O) groups is 1. The van der Waals surface area contributed by atoms with Crippen molar-refractivity contribution in [1.82, 2.24) is 5.32 Å². The lowest BCUT2D eigenvalue weighted by Crippen LogP contribution is -2.20. The molecule has 0 radical (unpaired) electrons. The molecule has 3 heteroatoms. The largest absolute Gasteiger partial charge is 0.463 e. The molecule has 0 aromatic rings. The molecule has 0 saturated heterocycles. The van der Waals surface area contributed by atoms with Gasteiger partial charge in [-0.3, -0.25) is 0 Å². The predicted octanol–water partition coefficient (Wildman–Crippen LogP) is 2.13. The summed E-state index contributed by atoms with van der Waals surface area (Å²) in [6.07, 6.45) is 4.38. The van der Waals surface area contributed by atoms with Gasteiger partial charge in [0.05, 0.1) is 6.61 Å². The summed E-state index contributed by atoms with van der Waals surface area (Å²) in [5.41, 5.74) is 0.359. The van der Waals surface area contributed by atoms with Crippen LogP contribution in [0.15, 0.2) is 12.2 Å². The smallest absolute Gasteiger partial charge is 0.330 e. The second-order valence-corrected chi connectivity index (χ2v) is 4.67. The standard InChI is InChI=1S/C12H23NO2/c1-5-15-11(14)7-6-9-13-10-8-12(2,3)4/h6-7,13H,5,8-10H2,1-4H3/b7-6+. The molecule has 15 heavy (non-hydrogen) atoms. The van der Waals surface area contributed by atoms with E-state index in [0.717, 1.165) is 19.5 Å². The van der Waals surface area contributed by atoms with Crippen LogP contribution in [0.5, 0.6) is 0 Å². The summed E-state index contributed by atoms with van der Waals surface area (Å²) in [5.74, 6) is -0.268. The maximum absolute atomic E-state index is 10.9. The van der Waals surface area contributed by atoms with Crippen LogP contribution in [0.3, 0.4) is 0 Å². The van der Waals surface area contributed by atoms with E-state index in [1.54, 1.807) is 13.0 Å². The molecule has 0 spiro atoms. The second kappa shape index (κ2) is 7.46. The first-order chi connectivity index (χ1) is 6.95. The van der Waals surface area contributed by atoms with Crippen molar-refractivity contribution in [1.29, 1.82) is 0 Å². The number of nitrogens with one attached hydrogen (secondary N) is 1. The number of esters is 1. The Morgan fingerprint density at radius 2 is 2.07 bits per heavy atom. The van der Waals surface area contributed by atoms with Gasteiger partial charge in [-0.05, 0) is 25.3 Å². The molecule has 3 nitrogen and oxygen atoms in total. The molecule has 0 aromatic carbocycles. The van der Waals surface area contributed by atoms with Gasteiger partial charge in [-0.1, -0.05) is 26.8 Å². The zero-order chi connectivity index (χ0) is 11.7. The van der Waals surface area contributed by atoms with E-state index < -0.39 is 0 Å². The van der Waals surface area contributed by atoms with Crippen LogP contribution in [0.2, 0.25) is 0 Å². The highest BCUT2D eigenvalue weighted by Gasteiger charge is 2.07. The highest BCUT2D eigenvalue weighted by molar-refractivity contribution is 5.81. The third-order valence-electron chi connectivity index (χ3n) is 1.85. The highest BCUT2D eigenvalue weighted by Crippen LogP contribution is 2.16. The molecule has 0 rings (SSSR count). The fourth-order valence-electron chi connectivity index (χ4n) is 0.994. The van der Waals surface area contributed by atoms with Gasteiger partial charge in [0.2, 0.25) is 0 Å². The van der Waals surface area contributed by atoms with Gasteiger partial charge in [0.25, 0.3) is 0 Å². The molecule has 0 heterocycles. The van der Waals surface area contributed by atoms with Crippen LogP contribution in [0.25, 0.3) is 0 Å². The first-order valence-electron chi connectivity index (χ1n) is 5.49. The Kier molecular flexibility index (Phi) is 7.05. The van der Waals surface area contributed by atoms with Gasteiger partial charge in [0.1, 0.15) is 0 Å². The molecule has 0 aromatic heterocycles. The summed E-state index contributed by atoms with van der Waals surface area (Å²) in [6, 6.07) is 0. The second-order valence-electron chi connectivity index (χ2n) is 4.67. The molecule has 1 N–H and O–H groups in total. The summed E-state index contributed by atoms with van der Waals surface area (Å²) in [4.78, 5) is 10.9. The monoisotopic (exact) mass is 213 g/mol. The van der Waals surface area contributed by atoms with Gasteiger partial charge in [-0.2, -0.15) is 0 Å². The van der Waals surface area contributed by atoms with Crippen molar-refractivity contribution < 1.29 is 9.53 Å². The van der Waals surface area contributed by atoms with Crippen LogP contribution in [-0.4, -0.2) is 25.7 Å². The zero-order valence-corrected chi connectivity index (χ0v) is 10.3. The molecule has 0 fully saturated rings. The molecule has 88 valence electrons. The molecular formula is C12H23NO2. The molecule has 0 saturated carbocycles. The molecule has 0 unspecified atom stereocenters. The predicted molar refractivity (Wildman–Crippen MR) is 62.7 cm³/mol. The zero-order valence-electron chi connectivity index (χ0n) is 10.3. The van der Waals surface area contributed by atoms with Crippen molar-refractivity contribution >= 4 is 5.97 Å². The topological polar surface area (TPSA) is 38.3 Å². The summed E-state index contributed by atoms with van der Waals surface area (Å²) in [6.45, 7) is 10.6. The maximum atomic E-state index is 10.9. The third-order valence-corrected chi connectivity index (χ3v) is 1.85. The minimum absolute atomic E-state index is 0.268. The van der Waals surface area contributed by atoms with Crippen molar-refractivity contribution in [3.05, 3.63) is 12.2 Å². The van der Waals surface area contributed by atoms with Gasteiger partial charge >= 0.3 is 5.97 Å².